The lowest BCUT2D eigenvalue weighted by atomic mass is 10.3. The molecule has 2 heterocycles. The lowest BCUT2D eigenvalue weighted by molar-refractivity contribution is 0.181. The van der Waals surface area contributed by atoms with Gasteiger partial charge in [0, 0.05) is 7.05 Å². The van der Waals surface area contributed by atoms with Crippen molar-refractivity contribution in [3.05, 3.63) is 18.4 Å². The molecule has 0 aromatic carbocycles. The zero-order valence-corrected chi connectivity index (χ0v) is 8.58. The fraction of sp³-hybridized carbons (Fsp3) is 0.444. The third-order valence-electron chi connectivity index (χ3n) is 1.98. The molecular formula is C9H12N4O2. The number of hydrogen-bond donors (Lipinski definition) is 1. The van der Waals surface area contributed by atoms with Crippen molar-refractivity contribution >= 4 is 0 Å². The highest BCUT2D eigenvalue weighted by Gasteiger charge is 2.12. The molecule has 80 valence electrons. The number of rotatable bonds is 3. The van der Waals surface area contributed by atoms with Crippen LogP contribution in [0.25, 0.3) is 11.5 Å². The van der Waals surface area contributed by atoms with Crippen molar-refractivity contribution in [2.45, 2.75) is 19.4 Å². The Kier molecular flexibility index (Phi) is 2.51. The van der Waals surface area contributed by atoms with Crippen LogP contribution in [0.2, 0.25) is 0 Å². The second-order valence-corrected chi connectivity index (χ2v) is 3.45. The molecule has 2 rings (SSSR count). The monoisotopic (exact) mass is 208 g/mol. The predicted octanol–water partition coefficient (Wildman–Crippen LogP) is 0.393. The van der Waals surface area contributed by atoms with E-state index >= 15 is 0 Å². The molecule has 0 aliphatic rings. The van der Waals surface area contributed by atoms with E-state index in [-0.39, 0.29) is 0 Å². The minimum Gasteiger partial charge on any atom is -0.393 e. The van der Waals surface area contributed by atoms with E-state index in [4.69, 9.17) is 9.63 Å². The van der Waals surface area contributed by atoms with Crippen LogP contribution < -0.4 is 0 Å². The molecule has 1 unspecified atom stereocenters. The first-order valence-corrected chi connectivity index (χ1v) is 4.64. The minimum absolute atomic E-state index is 0.366. The fourth-order valence-electron chi connectivity index (χ4n) is 1.27. The molecule has 2 aromatic rings. The van der Waals surface area contributed by atoms with Crippen molar-refractivity contribution in [3.8, 4) is 11.5 Å². The van der Waals surface area contributed by atoms with Crippen molar-refractivity contribution in [2.75, 3.05) is 0 Å². The molecule has 0 spiro atoms. The van der Waals surface area contributed by atoms with E-state index in [1.807, 2.05) is 7.05 Å². The lowest BCUT2D eigenvalue weighted by Crippen LogP contribution is -2.04. The molecule has 6 heteroatoms. The maximum absolute atomic E-state index is 9.15. The Bertz CT molecular complexity index is 446. The smallest absolute Gasteiger partial charge is 0.229 e. The first-order chi connectivity index (χ1) is 7.16. The molecule has 0 saturated carbocycles. The van der Waals surface area contributed by atoms with E-state index in [1.165, 1.54) is 0 Å². The van der Waals surface area contributed by atoms with Crippen LogP contribution in [0.4, 0.5) is 0 Å². The van der Waals surface area contributed by atoms with Gasteiger partial charge in [-0.2, -0.15) is 4.98 Å². The molecule has 0 aliphatic carbocycles. The van der Waals surface area contributed by atoms with Crippen LogP contribution in [-0.2, 0) is 13.5 Å². The number of aliphatic hydroxyl groups excluding tert-OH is 1. The van der Waals surface area contributed by atoms with E-state index in [9.17, 15) is 0 Å². The number of aromatic nitrogens is 4. The van der Waals surface area contributed by atoms with Crippen LogP contribution in [-0.4, -0.2) is 30.9 Å². The summed E-state index contributed by atoms with van der Waals surface area (Å²) >= 11 is 0. The summed E-state index contributed by atoms with van der Waals surface area (Å²) in [7, 11) is 1.85. The van der Waals surface area contributed by atoms with Crippen molar-refractivity contribution in [1.29, 1.82) is 0 Å². The van der Waals surface area contributed by atoms with Gasteiger partial charge in [-0.05, 0) is 6.92 Å². The van der Waals surface area contributed by atoms with Crippen LogP contribution >= 0.6 is 0 Å². The molecule has 15 heavy (non-hydrogen) atoms. The number of nitrogens with zero attached hydrogens (tertiary/aromatic N) is 4. The van der Waals surface area contributed by atoms with E-state index < -0.39 is 6.10 Å². The molecule has 0 saturated heterocycles. The van der Waals surface area contributed by atoms with Crippen LogP contribution in [0.15, 0.2) is 17.0 Å². The molecule has 6 nitrogen and oxygen atoms in total. The number of aliphatic hydroxyl groups is 1. The van der Waals surface area contributed by atoms with E-state index in [1.54, 1.807) is 24.0 Å². The van der Waals surface area contributed by atoms with Gasteiger partial charge in [-0.3, -0.25) is 0 Å². The summed E-state index contributed by atoms with van der Waals surface area (Å²) in [5, 5.41) is 13.0. The van der Waals surface area contributed by atoms with Crippen molar-refractivity contribution in [2.24, 2.45) is 7.05 Å². The summed E-state index contributed by atoms with van der Waals surface area (Å²) in [4.78, 5) is 8.12. The van der Waals surface area contributed by atoms with Crippen molar-refractivity contribution < 1.29 is 9.63 Å². The average Bonchev–Trinajstić information content (AvgIpc) is 2.72. The van der Waals surface area contributed by atoms with Gasteiger partial charge in [0.15, 0.2) is 0 Å². The van der Waals surface area contributed by atoms with Gasteiger partial charge in [-0.1, -0.05) is 5.16 Å². The molecule has 1 atom stereocenters. The standard InChI is InChI=1S/C9H12N4O2/c1-6(14)3-8-11-9(12-15-8)7-4-10-5-13(7)2/h4-6,14H,3H2,1-2H3. The summed E-state index contributed by atoms with van der Waals surface area (Å²) < 4.78 is 6.79. The highest BCUT2D eigenvalue weighted by molar-refractivity contribution is 5.46. The normalized spacial score (nSPS) is 13.0. The Labute approximate surface area is 86.6 Å². The summed E-state index contributed by atoms with van der Waals surface area (Å²) in [6.45, 7) is 1.67. The van der Waals surface area contributed by atoms with Gasteiger partial charge in [0.1, 0.15) is 5.69 Å². The third kappa shape index (κ3) is 2.04. The van der Waals surface area contributed by atoms with E-state index in [0.29, 0.717) is 18.1 Å². The van der Waals surface area contributed by atoms with Gasteiger partial charge in [0.05, 0.1) is 25.0 Å². The van der Waals surface area contributed by atoms with Crippen LogP contribution in [0.5, 0.6) is 0 Å². The van der Waals surface area contributed by atoms with Crippen LogP contribution in [0.1, 0.15) is 12.8 Å². The summed E-state index contributed by atoms with van der Waals surface area (Å²) in [6, 6.07) is 0. The lowest BCUT2D eigenvalue weighted by Gasteiger charge is -1.96. The Morgan fingerprint density at radius 2 is 2.40 bits per heavy atom. The highest BCUT2D eigenvalue weighted by Crippen LogP contribution is 2.14. The Hall–Kier alpha value is -1.69. The quantitative estimate of drug-likeness (QED) is 0.789. The average molecular weight is 208 g/mol. The van der Waals surface area contributed by atoms with Gasteiger partial charge < -0.3 is 14.2 Å². The molecule has 0 fully saturated rings. The third-order valence-corrected chi connectivity index (χ3v) is 1.98. The molecule has 1 N–H and O–H groups in total. The molecular weight excluding hydrogens is 196 g/mol. The van der Waals surface area contributed by atoms with Crippen LogP contribution in [0, 0.1) is 0 Å². The van der Waals surface area contributed by atoms with E-state index in [2.05, 4.69) is 15.1 Å². The number of aryl methyl sites for hydroxylation is 1. The number of hydrogen-bond acceptors (Lipinski definition) is 5. The Balaban J connectivity index is 2.24. The first kappa shape index (κ1) is 9.85. The van der Waals surface area contributed by atoms with Gasteiger partial charge in [-0.25, -0.2) is 4.98 Å². The molecule has 0 radical (unpaired) electrons. The van der Waals surface area contributed by atoms with Gasteiger partial charge in [-0.15, -0.1) is 0 Å². The van der Waals surface area contributed by atoms with Crippen molar-refractivity contribution in [3.63, 3.8) is 0 Å². The SMILES string of the molecule is CC(O)Cc1nc(-c2cncn2C)no1. The zero-order valence-electron chi connectivity index (χ0n) is 8.58. The number of imidazole rings is 1. The molecule has 0 bridgehead atoms. The zero-order chi connectivity index (χ0) is 10.8. The van der Waals surface area contributed by atoms with Crippen LogP contribution in [0.3, 0.4) is 0 Å². The second-order valence-electron chi connectivity index (χ2n) is 3.45. The topological polar surface area (TPSA) is 77.0 Å². The summed E-state index contributed by atoms with van der Waals surface area (Å²) in [5.41, 5.74) is 0.788. The molecule has 0 amide bonds. The maximum atomic E-state index is 9.15. The highest BCUT2D eigenvalue weighted by atomic mass is 16.5. The Morgan fingerprint density at radius 3 is 3.00 bits per heavy atom. The Morgan fingerprint density at radius 1 is 1.60 bits per heavy atom. The maximum Gasteiger partial charge on any atom is 0.229 e. The van der Waals surface area contributed by atoms with Gasteiger partial charge in [0.25, 0.3) is 0 Å². The second kappa shape index (κ2) is 3.82. The fourth-order valence-corrected chi connectivity index (χ4v) is 1.27. The summed E-state index contributed by atoms with van der Waals surface area (Å²) in [6.07, 6.45) is 3.21. The summed E-state index contributed by atoms with van der Waals surface area (Å²) in [5.74, 6) is 0.923. The van der Waals surface area contributed by atoms with Crippen molar-refractivity contribution in [1.82, 2.24) is 19.7 Å². The first-order valence-electron chi connectivity index (χ1n) is 4.64. The predicted molar refractivity (Wildman–Crippen MR) is 51.9 cm³/mol. The van der Waals surface area contributed by atoms with Gasteiger partial charge in [0.2, 0.25) is 11.7 Å². The van der Waals surface area contributed by atoms with E-state index in [0.717, 1.165) is 5.69 Å². The minimum atomic E-state index is -0.482. The largest absolute Gasteiger partial charge is 0.393 e. The molecule has 2 aromatic heterocycles. The molecule has 0 aliphatic heterocycles. The van der Waals surface area contributed by atoms with Gasteiger partial charge >= 0.3 is 0 Å².